The largest absolute Gasteiger partial charge is 0.297 e. The molecule has 0 saturated carbocycles. The van der Waals surface area contributed by atoms with Crippen molar-refractivity contribution >= 4 is 5.91 Å². The van der Waals surface area contributed by atoms with E-state index < -0.39 is 0 Å². The van der Waals surface area contributed by atoms with Gasteiger partial charge in [0.25, 0.3) is 11.5 Å². The van der Waals surface area contributed by atoms with Gasteiger partial charge >= 0.3 is 0 Å². The van der Waals surface area contributed by atoms with E-state index >= 15 is 0 Å². The summed E-state index contributed by atoms with van der Waals surface area (Å²) >= 11 is 0. The Morgan fingerprint density at radius 1 is 1.35 bits per heavy atom. The quantitative estimate of drug-likeness (QED) is 0.706. The topological polar surface area (TPSA) is 64.4 Å². The fourth-order valence-corrected chi connectivity index (χ4v) is 1.68. The van der Waals surface area contributed by atoms with Gasteiger partial charge in [0, 0.05) is 19.7 Å². The summed E-state index contributed by atoms with van der Waals surface area (Å²) in [6.07, 6.45) is 2.95. The van der Waals surface area contributed by atoms with Gasteiger partial charge in [-0.2, -0.15) is 5.10 Å². The molecule has 0 bridgehead atoms. The van der Waals surface area contributed by atoms with Gasteiger partial charge in [0.15, 0.2) is 5.69 Å². The molecule has 1 aliphatic heterocycles. The van der Waals surface area contributed by atoms with Gasteiger partial charge in [0.1, 0.15) is 0 Å². The van der Waals surface area contributed by atoms with Crippen molar-refractivity contribution in [3.63, 3.8) is 0 Å². The minimum atomic E-state index is -0.289. The highest BCUT2D eigenvalue weighted by Crippen LogP contribution is 2.09. The molecule has 0 unspecified atom stereocenters. The zero-order chi connectivity index (χ0) is 12.3. The standard InChI is InChI=1S/C11H15N3O3/c1-13-10(15)6-5-9(12-13)11(16)14-7-3-2-4-8-17-14/h5-6H,2-4,7-8H2,1H3. The summed E-state index contributed by atoms with van der Waals surface area (Å²) in [6.45, 7) is 1.13. The Morgan fingerprint density at radius 3 is 2.94 bits per heavy atom. The molecule has 92 valence electrons. The molecule has 1 aliphatic rings. The van der Waals surface area contributed by atoms with Gasteiger partial charge in [-0.1, -0.05) is 0 Å². The normalized spacial score (nSPS) is 16.6. The Labute approximate surface area is 98.7 Å². The molecule has 1 amide bonds. The van der Waals surface area contributed by atoms with E-state index in [-0.39, 0.29) is 17.2 Å². The van der Waals surface area contributed by atoms with Crippen LogP contribution in [0.15, 0.2) is 16.9 Å². The van der Waals surface area contributed by atoms with Crippen molar-refractivity contribution in [2.45, 2.75) is 19.3 Å². The molecule has 0 aromatic carbocycles. The summed E-state index contributed by atoms with van der Waals surface area (Å²) in [5, 5.41) is 5.24. The Kier molecular flexibility index (Phi) is 3.53. The molecule has 6 nitrogen and oxygen atoms in total. The van der Waals surface area contributed by atoms with Crippen molar-refractivity contribution in [3.05, 3.63) is 28.2 Å². The predicted molar refractivity (Wildman–Crippen MR) is 60.3 cm³/mol. The van der Waals surface area contributed by atoms with Crippen LogP contribution >= 0.6 is 0 Å². The number of carbonyl (C=O) groups excluding carboxylic acids is 1. The third-order valence-electron chi connectivity index (χ3n) is 2.66. The van der Waals surface area contributed by atoms with E-state index in [0.717, 1.165) is 23.9 Å². The highest BCUT2D eigenvalue weighted by molar-refractivity contribution is 5.91. The first-order valence-electron chi connectivity index (χ1n) is 5.67. The Balaban J connectivity index is 2.17. The van der Waals surface area contributed by atoms with Gasteiger partial charge in [-0.05, 0) is 25.3 Å². The number of hydroxylamine groups is 2. The predicted octanol–water partition coefficient (Wildman–Crippen LogP) is 0.338. The molecule has 0 radical (unpaired) electrons. The fourth-order valence-electron chi connectivity index (χ4n) is 1.68. The summed E-state index contributed by atoms with van der Waals surface area (Å²) in [6, 6.07) is 2.76. The minimum absolute atomic E-state index is 0.231. The van der Waals surface area contributed by atoms with Crippen LogP contribution in [0.1, 0.15) is 29.8 Å². The number of amides is 1. The molecule has 2 rings (SSSR count). The number of rotatable bonds is 1. The van der Waals surface area contributed by atoms with Gasteiger partial charge in [-0.15, -0.1) is 0 Å². The van der Waals surface area contributed by atoms with Crippen molar-refractivity contribution in [2.75, 3.05) is 13.2 Å². The lowest BCUT2D eigenvalue weighted by Gasteiger charge is -2.18. The first kappa shape index (κ1) is 11.8. The van der Waals surface area contributed by atoms with E-state index in [1.165, 1.54) is 24.2 Å². The Hall–Kier alpha value is -1.69. The molecular formula is C11H15N3O3. The molecule has 1 aromatic rings. The molecule has 2 heterocycles. The lowest BCUT2D eigenvalue weighted by molar-refractivity contribution is -0.116. The SMILES string of the molecule is Cn1nc(C(=O)N2CCCCCO2)ccc1=O. The number of hydrogen-bond donors (Lipinski definition) is 0. The van der Waals surface area contributed by atoms with Crippen LogP contribution < -0.4 is 5.56 Å². The molecule has 0 atom stereocenters. The number of nitrogens with zero attached hydrogens (tertiary/aromatic N) is 3. The third kappa shape index (κ3) is 2.71. The zero-order valence-corrected chi connectivity index (χ0v) is 9.76. The monoisotopic (exact) mass is 237 g/mol. The Bertz CT molecular complexity index is 461. The van der Waals surface area contributed by atoms with Crippen LogP contribution in [0.3, 0.4) is 0 Å². The third-order valence-corrected chi connectivity index (χ3v) is 2.66. The molecule has 0 aliphatic carbocycles. The van der Waals surface area contributed by atoms with Gasteiger partial charge in [-0.3, -0.25) is 14.4 Å². The summed E-state index contributed by atoms with van der Waals surface area (Å²) in [4.78, 5) is 28.6. The van der Waals surface area contributed by atoms with Crippen LogP contribution in [0.25, 0.3) is 0 Å². The van der Waals surface area contributed by atoms with Crippen LogP contribution in [0, 0.1) is 0 Å². The van der Waals surface area contributed by atoms with Gasteiger partial charge in [0.05, 0.1) is 6.61 Å². The molecule has 1 fully saturated rings. The zero-order valence-electron chi connectivity index (χ0n) is 9.76. The van der Waals surface area contributed by atoms with Gasteiger partial charge < -0.3 is 0 Å². The van der Waals surface area contributed by atoms with Gasteiger partial charge in [-0.25, -0.2) is 9.75 Å². The van der Waals surface area contributed by atoms with E-state index in [1.807, 2.05) is 0 Å². The smallest absolute Gasteiger partial charge is 0.271 e. The molecule has 1 aromatic heterocycles. The number of aromatic nitrogens is 2. The maximum absolute atomic E-state index is 12.0. The van der Waals surface area contributed by atoms with Crippen molar-refractivity contribution in [3.8, 4) is 0 Å². The first-order chi connectivity index (χ1) is 8.18. The average Bonchev–Trinajstić information content (AvgIpc) is 2.60. The van der Waals surface area contributed by atoms with Crippen molar-refractivity contribution < 1.29 is 9.63 Å². The summed E-state index contributed by atoms with van der Waals surface area (Å²) < 4.78 is 1.14. The number of hydrogen-bond acceptors (Lipinski definition) is 4. The summed E-state index contributed by atoms with van der Waals surface area (Å²) in [5.41, 5.74) is -0.00710. The van der Waals surface area contributed by atoms with E-state index in [9.17, 15) is 9.59 Å². The number of carbonyl (C=O) groups is 1. The minimum Gasteiger partial charge on any atom is -0.271 e. The highest BCUT2D eigenvalue weighted by Gasteiger charge is 2.20. The molecule has 6 heteroatoms. The van der Waals surface area contributed by atoms with E-state index in [0.29, 0.717) is 13.2 Å². The van der Waals surface area contributed by atoms with E-state index in [2.05, 4.69) is 5.10 Å². The number of aryl methyl sites for hydroxylation is 1. The van der Waals surface area contributed by atoms with Gasteiger partial charge in [0.2, 0.25) is 0 Å². The van der Waals surface area contributed by atoms with Crippen LogP contribution in [-0.4, -0.2) is 33.9 Å². The molecule has 0 N–H and O–H groups in total. The maximum atomic E-state index is 12.0. The van der Waals surface area contributed by atoms with Crippen molar-refractivity contribution in [1.82, 2.24) is 14.8 Å². The maximum Gasteiger partial charge on any atom is 0.297 e. The average molecular weight is 237 g/mol. The lowest BCUT2D eigenvalue weighted by Crippen LogP contribution is -2.33. The highest BCUT2D eigenvalue weighted by atomic mass is 16.7. The summed E-state index contributed by atoms with van der Waals surface area (Å²) in [7, 11) is 1.52. The lowest BCUT2D eigenvalue weighted by atomic mass is 10.2. The second-order valence-corrected chi connectivity index (χ2v) is 3.98. The second-order valence-electron chi connectivity index (χ2n) is 3.98. The molecular weight excluding hydrogens is 222 g/mol. The van der Waals surface area contributed by atoms with Crippen molar-refractivity contribution in [2.24, 2.45) is 7.05 Å². The van der Waals surface area contributed by atoms with Crippen molar-refractivity contribution in [1.29, 1.82) is 0 Å². The first-order valence-corrected chi connectivity index (χ1v) is 5.67. The van der Waals surface area contributed by atoms with E-state index in [4.69, 9.17) is 4.84 Å². The fraction of sp³-hybridized carbons (Fsp3) is 0.545. The van der Waals surface area contributed by atoms with E-state index in [1.54, 1.807) is 0 Å². The Morgan fingerprint density at radius 2 is 2.18 bits per heavy atom. The molecule has 0 spiro atoms. The van der Waals surface area contributed by atoms with Crippen LogP contribution in [0.2, 0.25) is 0 Å². The molecule has 1 saturated heterocycles. The second kappa shape index (κ2) is 5.09. The summed E-state index contributed by atoms with van der Waals surface area (Å²) in [5.74, 6) is -0.289. The molecule has 17 heavy (non-hydrogen) atoms. The van der Waals surface area contributed by atoms with Crippen LogP contribution in [0.4, 0.5) is 0 Å². The van der Waals surface area contributed by atoms with Crippen LogP contribution in [0.5, 0.6) is 0 Å². The van der Waals surface area contributed by atoms with Crippen LogP contribution in [-0.2, 0) is 11.9 Å².